The van der Waals surface area contributed by atoms with Crippen LogP contribution in [0.1, 0.15) is 252 Å². The number of esters is 3. The van der Waals surface area contributed by atoms with Crippen molar-refractivity contribution in [2.24, 2.45) is 0 Å². The zero-order valence-corrected chi connectivity index (χ0v) is 49.4. The van der Waals surface area contributed by atoms with Crippen LogP contribution in [-0.2, 0) is 28.6 Å². The van der Waals surface area contributed by atoms with Crippen LogP contribution in [0.15, 0.2) is 158 Å². The van der Waals surface area contributed by atoms with E-state index < -0.39 is 6.10 Å². The Labute approximate surface area is 473 Å². The summed E-state index contributed by atoms with van der Waals surface area (Å²) in [5.74, 6) is -1.01. The number of carbonyl (C=O) groups excluding carboxylic acids is 3. The zero-order valence-electron chi connectivity index (χ0n) is 49.4. The van der Waals surface area contributed by atoms with Gasteiger partial charge in [-0.1, -0.05) is 249 Å². The number of hydrogen-bond donors (Lipinski definition) is 0. The lowest BCUT2D eigenvalue weighted by molar-refractivity contribution is -0.167. The number of ether oxygens (including phenoxy) is 3. The molecule has 0 aromatic heterocycles. The molecule has 77 heavy (non-hydrogen) atoms. The Morgan fingerprint density at radius 3 is 0.844 bits per heavy atom. The first kappa shape index (κ1) is 72.0. The SMILES string of the molecule is CC/C=C\C/C=C\C/C=C\C/C=C\C/C=C\CCCCCCCC(=O)OCC(COC(=O)CCC/C=C\C/C=C\C/C=C\C/C=C\C/C=C\CC)OC(=O)CCCCCCCC/C=C\C/C=C\C/C=C\CCCCCCC. The Morgan fingerprint density at radius 2 is 0.519 bits per heavy atom. The molecule has 0 bridgehead atoms. The second kappa shape index (κ2) is 63.6. The maximum Gasteiger partial charge on any atom is 0.306 e. The van der Waals surface area contributed by atoms with E-state index in [9.17, 15) is 14.4 Å². The number of hydrogen-bond acceptors (Lipinski definition) is 6. The minimum Gasteiger partial charge on any atom is -0.462 e. The summed E-state index contributed by atoms with van der Waals surface area (Å²) < 4.78 is 16.8. The smallest absolute Gasteiger partial charge is 0.306 e. The number of rotatable bonds is 54. The van der Waals surface area contributed by atoms with Gasteiger partial charge in [-0.3, -0.25) is 14.4 Å². The van der Waals surface area contributed by atoms with E-state index in [4.69, 9.17) is 14.2 Å². The van der Waals surface area contributed by atoms with Gasteiger partial charge in [0.05, 0.1) is 0 Å². The average molecular weight is 1060 g/mol. The molecule has 0 aliphatic heterocycles. The molecular weight excluding hydrogens is 949 g/mol. The molecular formula is C71H112O6. The van der Waals surface area contributed by atoms with Crippen molar-refractivity contribution >= 4 is 17.9 Å². The van der Waals surface area contributed by atoms with Gasteiger partial charge in [-0.25, -0.2) is 0 Å². The summed E-state index contributed by atoms with van der Waals surface area (Å²) in [6.45, 7) is 6.32. The molecule has 0 aromatic carbocycles. The Kier molecular flexibility index (Phi) is 59.5. The molecule has 0 saturated heterocycles. The third-order valence-electron chi connectivity index (χ3n) is 12.5. The first-order valence-electron chi connectivity index (χ1n) is 31.0. The van der Waals surface area contributed by atoms with E-state index in [1.165, 1.54) is 51.4 Å². The summed E-state index contributed by atoms with van der Waals surface area (Å²) in [6, 6.07) is 0. The van der Waals surface area contributed by atoms with Crippen molar-refractivity contribution in [1.82, 2.24) is 0 Å². The monoisotopic (exact) mass is 1060 g/mol. The van der Waals surface area contributed by atoms with Crippen LogP contribution in [0, 0.1) is 0 Å². The van der Waals surface area contributed by atoms with Gasteiger partial charge in [0.1, 0.15) is 13.2 Å². The second-order valence-electron chi connectivity index (χ2n) is 19.8. The van der Waals surface area contributed by atoms with Gasteiger partial charge >= 0.3 is 17.9 Å². The van der Waals surface area contributed by atoms with Crippen LogP contribution in [0.4, 0.5) is 0 Å². The highest BCUT2D eigenvalue weighted by molar-refractivity contribution is 5.71. The summed E-state index contributed by atoms with van der Waals surface area (Å²) >= 11 is 0. The van der Waals surface area contributed by atoms with Crippen LogP contribution in [0.2, 0.25) is 0 Å². The largest absolute Gasteiger partial charge is 0.462 e. The minimum atomic E-state index is -0.826. The van der Waals surface area contributed by atoms with Gasteiger partial charge in [-0.15, -0.1) is 0 Å². The van der Waals surface area contributed by atoms with Crippen LogP contribution in [-0.4, -0.2) is 37.2 Å². The summed E-state index contributed by atoms with van der Waals surface area (Å²) in [4.78, 5) is 38.3. The fourth-order valence-electron chi connectivity index (χ4n) is 7.92. The van der Waals surface area contributed by atoms with Gasteiger partial charge in [0.25, 0.3) is 0 Å². The Balaban J connectivity index is 4.56. The molecule has 0 radical (unpaired) electrons. The van der Waals surface area contributed by atoms with E-state index in [2.05, 4.69) is 179 Å². The molecule has 0 N–H and O–H groups in total. The fraction of sp³-hybridized carbons (Fsp3) is 0.592. The predicted octanol–water partition coefficient (Wildman–Crippen LogP) is 21.3. The molecule has 0 rings (SSSR count). The molecule has 0 fully saturated rings. The molecule has 432 valence electrons. The average Bonchev–Trinajstić information content (AvgIpc) is 3.43. The lowest BCUT2D eigenvalue weighted by Gasteiger charge is -2.18. The minimum absolute atomic E-state index is 0.119. The molecule has 0 aromatic rings. The Bertz CT molecular complexity index is 1740. The number of allylic oxidation sites excluding steroid dienone is 26. The fourth-order valence-corrected chi connectivity index (χ4v) is 7.92. The molecule has 0 saturated carbocycles. The number of unbranched alkanes of at least 4 members (excludes halogenated alkanes) is 17. The van der Waals surface area contributed by atoms with E-state index in [0.29, 0.717) is 12.8 Å². The third-order valence-corrected chi connectivity index (χ3v) is 12.5. The van der Waals surface area contributed by atoms with Crippen molar-refractivity contribution in [3.05, 3.63) is 158 Å². The summed E-state index contributed by atoms with van der Waals surface area (Å²) in [5, 5.41) is 0. The third kappa shape index (κ3) is 61.8. The normalized spacial score (nSPS) is 13.2. The zero-order chi connectivity index (χ0) is 55.7. The number of carbonyl (C=O) groups is 3. The van der Waals surface area contributed by atoms with Gasteiger partial charge in [0.15, 0.2) is 6.10 Å². The van der Waals surface area contributed by atoms with Gasteiger partial charge in [0, 0.05) is 19.3 Å². The maximum atomic E-state index is 12.9. The van der Waals surface area contributed by atoms with Crippen molar-refractivity contribution in [1.29, 1.82) is 0 Å². The maximum absolute atomic E-state index is 12.9. The quantitative estimate of drug-likeness (QED) is 0.0261. The Hall–Kier alpha value is -4.97. The van der Waals surface area contributed by atoms with Crippen molar-refractivity contribution in [3.63, 3.8) is 0 Å². The van der Waals surface area contributed by atoms with Crippen molar-refractivity contribution in [3.8, 4) is 0 Å². The van der Waals surface area contributed by atoms with E-state index in [1.54, 1.807) is 0 Å². The van der Waals surface area contributed by atoms with Crippen LogP contribution in [0.3, 0.4) is 0 Å². The van der Waals surface area contributed by atoms with Gasteiger partial charge in [-0.05, 0) is 141 Å². The van der Waals surface area contributed by atoms with Crippen LogP contribution in [0.25, 0.3) is 0 Å². The molecule has 6 heteroatoms. The van der Waals surface area contributed by atoms with Crippen molar-refractivity contribution in [2.45, 2.75) is 258 Å². The van der Waals surface area contributed by atoms with E-state index in [1.807, 2.05) is 0 Å². The molecule has 1 unspecified atom stereocenters. The highest BCUT2D eigenvalue weighted by Crippen LogP contribution is 2.13. The van der Waals surface area contributed by atoms with Gasteiger partial charge < -0.3 is 14.2 Å². The first-order chi connectivity index (χ1) is 38.0. The second-order valence-corrected chi connectivity index (χ2v) is 19.8. The van der Waals surface area contributed by atoms with E-state index in [0.717, 1.165) is 154 Å². The van der Waals surface area contributed by atoms with Crippen LogP contribution >= 0.6 is 0 Å². The lowest BCUT2D eigenvalue weighted by Crippen LogP contribution is -2.30. The molecule has 0 heterocycles. The van der Waals surface area contributed by atoms with E-state index in [-0.39, 0.29) is 44.0 Å². The first-order valence-corrected chi connectivity index (χ1v) is 31.0. The summed E-state index contributed by atoms with van der Waals surface area (Å²) in [7, 11) is 0. The van der Waals surface area contributed by atoms with E-state index >= 15 is 0 Å². The lowest BCUT2D eigenvalue weighted by atomic mass is 10.1. The highest BCUT2D eigenvalue weighted by Gasteiger charge is 2.19. The van der Waals surface area contributed by atoms with Crippen LogP contribution < -0.4 is 0 Å². The molecule has 0 spiro atoms. The molecule has 0 amide bonds. The molecule has 0 aliphatic carbocycles. The molecule has 0 aliphatic rings. The van der Waals surface area contributed by atoms with Gasteiger partial charge in [-0.2, -0.15) is 0 Å². The molecule has 1 atom stereocenters. The van der Waals surface area contributed by atoms with Crippen molar-refractivity contribution < 1.29 is 28.6 Å². The van der Waals surface area contributed by atoms with Gasteiger partial charge in [0.2, 0.25) is 0 Å². The summed E-state index contributed by atoms with van der Waals surface area (Å²) in [5.41, 5.74) is 0. The van der Waals surface area contributed by atoms with Crippen molar-refractivity contribution in [2.75, 3.05) is 13.2 Å². The standard InChI is InChI=1S/C71H112O6/c1-4-7-10-13-16-19-22-25-28-31-33-35-37-40-43-46-49-52-55-58-61-64-70(73)76-67-68(66-75-69(72)63-60-57-54-51-48-45-42-39-30-27-24-21-18-15-12-9-6-3)77-71(74)65-62-59-56-53-50-47-44-41-38-36-34-32-29-26-23-20-17-14-11-8-5-2/h7,9-10,12,16,18-19,21,23,25-28,30,32-35,38,40-43,45,51,54,68H,4-6,8,11,13-15,17,20,22,24,29,31,36-37,39,44,46-50,52-53,55-67H2,1-3H3/b10-7-,12-9-,19-16-,21-18-,26-23-,28-25-,30-27-,34-32-,35-33-,41-38-,43-40-,45-42-,54-51-. The highest BCUT2D eigenvalue weighted by atomic mass is 16.6. The summed E-state index contributed by atoms with van der Waals surface area (Å²) in [6.07, 6.45) is 92.4. The Morgan fingerprint density at radius 1 is 0.273 bits per heavy atom. The predicted molar refractivity (Wildman–Crippen MR) is 334 cm³/mol. The van der Waals surface area contributed by atoms with Crippen LogP contribution in [0.5, 0.6) is 0 Å². The topological polar surface area (TPSA) is 78.9 Å². The molecule has 6 nitrogen and oxygen atoms in total.